The maximum absolute atomic E-state index is 11.3. The van der Waals surface area contributed by atoms with Crippen molar-refractivity contribution in [1.29, 1.82) is 0 Å². The molecule has 65 valence electrons. The monoisotopic (exact) mass is 227 g/mol. The summed E-state index contributed by atoms with van der Waals surface area (Å²) in [6, 6.07) is 1.86. The molecular weight excluding hydrogens is 215 g/mol. The summed E-state index contributed by atoms with van der Waals surface area (Å²) in [6.07, 6.45) is 0. The Morgan fingerprint density at radius 3 is 2.67 bits per heavy atom. The van der Waals surface area contributed by atoms with Crippen LogP contribution < -0.4 is 10.5 Å². The van der Waals surface area contributed by atoms with Gasteiger partial charge in [-0.15, -0.1) is 0 Å². The third-order valence-corrected chi connectivity index (χ3v) is 2.67. The van der Waals surface area contributed by atoms with E-state index >= 15 is 0 Å². The van der Waals surface area contributed by atoms with E-state index in [-0.39, 0.29) is 0 Å². The van der Waals surface area contributed by atoms with Crippen molar-refractivity contribution in [3.63, 3.8) is 0 Å². The van der Waals surface area contributed by atoms with E-state index in [4.69, 9.17) is 5.73 Å². The molecule has 1 radical (unpaired) electrons. The molecule has 0 aliphatic heterocycles. The van der Waals surface area contributed by atoms with Gasteiger partial charge in [0.15, 0.2) is 0 Å². The van der Waals surface area contributed by atoms with Crippen molar-refractivity contribution in [1.82, 2.24) is 0 Å². The minimum atomic E-state index is 0.343. The predicted octanol–water partition coefficient (Wildman–Crippen LogP) is -0.0802. The molecule has 1 heterocycles. The van der Waals surface area contributed by atoms with Gasteiger partial charge in [0.2, 0.25) is 0 Å². The molecule has 0 atom stereocenters. The maximum atomic E-state index is 11.3. The molecule has 0 aliphatic rings. The van der Waals surface area contributed by atoms with Gasteiger partial charge in [0.25, 0.3) is 0 Å². The van der Waals surface area contributed by atoms with Crippen LogP contribution in [0.25, 0.3) is 0 Å². The van der Waals surface area contributed by atoms with Gasteiger partial charge in [-0.05, 0) is 0 Å². The Balaban J connectivity index is 3.40. The number of anilines is 1. The first-order valence-corrected chi connectivity index (χ1v) is 5.19. The Hall–Kier alpha value is -0.692. The SMILES string of the molecule is Cc1cc(C)[n+]([O-])c(N)c1C[AsH]. The summed E-state index contributed by atoms with van der Waals surface area (Å²) in [7, 11) is 0. The molecule has 1 aromatic rings. The van der Waals surface area contributed by atoms with E-state index in [0.29, 0.717) is 11.5 Å². The van der Waals surface area contributed by atoms with Crippen molar-refractivity contribution < 1.29 is 4.73 Å². The zero-order valence-electron chi connectivity index (χ0n) is 7.22. The van der Waals surface area contributed by atoms with Crippen molar-refractivity contribution in [2.45, 2.75) is 19.1 Å². The van der Waals surface area contributed by atoms with Crippen LogP contribution in [-0.2, 0) is 5.21 Å². The normalized spacial score (nSPS) is 10.2. The van der Waals surface area contributed by atoms with Gasteiger partial charge >= 0.3 is 80.3 Å². The molecule has 0 amide bonds. The van der Waals surface area contributed by atoms with Gasteiger partial charge < -0.3 is 0 Å². The molecule has 1 aromatic heterocycles. The number of aromatic nitrogens is 1. The van der Waals surface area contributed by atoms with E-state index in [1.54, 1.807) is 6.92 Å². The second-order valence-electron chi connectivity index (χ2n) is 2.80. The first kappa shape index (κ1) is 9.40. The van der Waals surface area contributed by atoms with E-state index in [2.05, 4.69) is 0 Å². The van der Waals surface area contributed by atoms with Crippen molar-refractivity contribution in [3.8, 4) is 0 Å². The number of rotatable bonds is 1. The Labute approximate surface area is 80.7 Å². The minimum absolute atomic E-state index is 0.343. The van der Waals surface area contributed by atoms with Crippen molar-refractivity contribution in [3.05, 3.63) is 28.1 Å². The Morgan fingerprint density at radius 2 is 2.17 bits per heavy atom. The Morgan fingerprint density at radius 1 is 1.58 bits per heavy atom. The van der Waals surface area contributed by atoms with Crippen LogP contribution in [0.4, 0.5) is 5.82 Å². The third kappa shape index (κ3) is 1.42. The number of nitrogen functional groups attached to an aromatic ring is 1. The van der Waals surface area contributed by atoms with E-state index in [9.17, 15) is 5.21 Å². The van der Waals surface area contributed by atoms with Crippen molar-refractivity contribution in [2.75, 3.05) is 5.73 Å². The molecule has 4 heteroatoms. The molecule has 2 N–H and O–H groups in total. The number of nitrogens with zero attached hydrogens (tertiary/aromatic N) is 1. The number of aryl methyl sites for hydroxylation is 2. The molecule has 0 bridgehead atoms. The second kappa shape index (κ2) is 3.36. The molecule has 3 nitrogen and oxygen atoms in total. The molecule has 1 rings (SSSR count). The van der Waals surface area contributed by atoms with E-state index in [1.165, 1.54) is 0 Å². The van der Waals surface area contributed by atoms with E-state index < -0.39 is 0 Å². The zero-order chi connectivity index (χ0) is 9.30. The van der Waals surface area contributed by atoms with Crippen LogP contribution >= 0.6 is 0 Å². The topological polar surface area (TPSA) is 53.0 Å². The summed E-state index contributed by atoms with van der Waals surface area (Å²) in [5.41, 5.74) is 8.35. The zero-order valence-corrected chi connectivity index (χ0v) is 9.32. The second-order valence-corrected chi connectivity index (χ2v) is 3.55. The molecule has 0 saturated heterocycles. The molecule has 0 saturated carbocycles. The summed E-state index contributed by atoms with van der Waals surface area (Å²) < 4.78 is 0.784. The average Bonchev–Trinajstić information content (AvgIpc) is 2.01. The van der Waals surface area contributed by atoms with Crippen LogP contribution in [0.1, 0.15) is 16.8 Å². The number of pyridine rings is 1. The van der Waals surface area contributed by atoms with Gasteiger partial charge in [-0.2, -0.15) is 0 Å². The van der Waals surface area contributed by atoms with Crippen LogP contribution in [0.3, 0.4) is 0 Å². The van der Waals surface area contributed by atoms with Gasteiger partial charge in [0.05, 0.1) is 0 Å². The third-order valence-electron chi connectivity index (χ3n) is 1.93. The molecular formula is C8H12AsN2O. The summed E-state index contributed by atoms with van der Waals surface area (Å²) in [5, 5.41) is 12.1. The van der Waals surface area contributed by atoms with Gasteiger partial charge in [0, 0.05) is 0 Å². The Bertz CT molecular complexity index is 312. The van der Waals surface area contributed by atoms with Crippen LogP contribution in [-0.4, -0.2) is 16.9 Å². The molecule has 12 heavy (non-hydrogen) atoms. The Kier molecular flexibility index (Phi) is 2.63. The molecule has 0 spiro atoms. The van der Waals surface area contributed by atoms with Crippen LogP contribution in [0.15, 0.2) is 6.07 Å². The first-order valence-electron chi connectivity index (χ1n) is 3.70. The predicted molar refractivity (Wildman–Crippen MR) is 50.1 cm³/mol. The number of nitrogens with two attached hydrogens (primary N) is 1. The summed E-state index contributed by atoms with van der Waals surface area (Å²) in [4.78, 5) is 0. The summed E-state index contributed by atoms with van der Waals surface area (Å²) >= 11 is 1.99. The van der Waals surface area contributed by atoms with E-state index in [0.717, 1.165) is 21.1 Å². The van der Waals surface area contributed by atoms with Crippen LogP contribution in [0.5, 0.6) is 0 Å². The molecule has 0 fully saturated rings. The van der Waals surface area contributed by atoms with Gasteiger partial charge in [-0.25, -0.2) is 0 Å². The van der Waals surface area contributed by atoms with Crippen LogP contribution in [0, 0.1) is 19.1 Å². The van der Waals surface area contributed by atoms with Crippen molar-refractivity contribution in [2.24, 2.45) is 0 Å². The van der Waals surface area contributed by atoms with Crippen LogP contribution in [0.2, 0.25) is 0 Å². The number of hydrogen-bond acceptors (Lipinski definition) is 2. The molecule has 0 aliphatic carbocycles. The van der Waals surface area contributed by atoms with Crippen molar-refractivity contribution >= 4 is 22.7 Å². The summed E-state index contributed by atoms with van der Waals surface area (Å²) in [5.74, 6) is 0.343. The fourth-order valence-corrected chi connectivity index (χ4v) is 2.17. The van der Waals surface area contributed by atoms with E-state index in [1.807, 2.05) is 29.8 Å². The summed E-state index contributed by atoms with van der Waals surface area (Å²) in [6.45, 7) is 3.73. The standard InChI is InChI=1S/C8H12AsN2O/c1-5-3-6(2)11(12)8(10)7(5)4-9/h3,9H,4,10H2,1-2H3. The first-order chi connectivity index (χ1) is 5.57. The quantitative estimate of drug-likeness (QED) is 0.414. The van der Waals surface area contributed by atoms with Gasteiger partial charge in [-0.1, -0.05) is 0 Å². The number of hydrogen-bond donors (Lipinski definition) is 1. The average molecular weight is 227 g/mol. The molecule has 0 unspecified atom stereocenters. The van der Waals surface area contributed by atoms with Gasteiger partial charge in [-0.3, -0.25) is 0 Å². The van der Waals surface area contributed by atoms with Gasteiger partial charge in [0.1, 0.15) is 0 Å². The fourth-order valence-electron chi connectivity index (χ4n) is 1.20. The fraction of sp³-hybridized carbons (Fsp3) is 0.375. The molecule has 0 aromatic carbocycles.